The van der Waals surface area contributed by atoms with Crippen molar-refractivity contribution in [3.05, 3.63) is 0 Å². The van der Waals surface area contributed by atoms with Crippen molar-refractivity contribution in [1.29, 1.82) is 0 Å². The summed E-state index contributed by atoms with van der Waals surface area (Å²) >= 11 is 0. The summed E-state index contributed by atoms with van der Waals surface area (Å²) in [6.07, 6.45) is -0.824. The fraction of sp³-hybridized carbons (Fsp3) is 0.833. The van der Waals surface area contributed by atoms with Gasteiger partial charge in [0.1, 0.15) is 6.61 Å². The number of ether oxygens (including phenoxy) is 1. The standard InChI is InChI=1S/C12H21NO4/c1-5-10(14)8(4)11(15)13-9(7(2)3)6-17-12(13)16/h7-10,14H,5-6H2,1-4H3/t8-,9+,10+/m0/s1. The molecule has 0 aliphatic carbocycles. The van der Waals surface area contributed by atoms with E-state index in [0.717, 1.165) is 4.90 Å². The second kappa shape index (κ2) is 5.49. The van der Waals surface area contributed by atoms with Gasteiger partial charge in [-0.15, -0.1) is 0 Å². The van der Waals surface area contributed by atoms with Crippen molar-refractivity contribution < 1.29 is 19.4 Å². The van der Waals surface area contributed by atoms with Gasteiger partial charge in [0.2, 0.25) is 5.91 Å². The Hall–Kier alpha value is -1.10. The first-order valence-corrected chi connectivity index (χ1v) is 6.08. The van der Waals surface area contributed by atoms with Gasteiger partial charge >= 0.3 is 6.09 Å². The number of carbonyl (C=O) groups is 2. The van der Waals surface area contributed by atoms with Crippen LogP contribution in [0.3, 0.4) is 0 Å². The van der Waals surface area contributed by atoms with E-state index in [1.54, 1.807) is 13.8 Å². The zero-order chi connectivity index (χ0) is 13.2. The number of hydrogen-bond donors (Lipinski definition) is 1. The normalized spacial score (nSPS) is 23.8. The number of rotatable bonds is 4. The quantitative estimate of drug-likeness (QED) is 0.810. The first-order chi connectivity index (χ1) is 7.90. The molecule has 3 atom stereocenters. The zero-order valence-electron chi connectivity index (χ0n) is 10.8. The van der Waals surface area contributed by atoms with E-state index in [1.165, 1.54) is 0 Å². The maximum atomic E-state index is 12.1. The fourth-order valence-corrected chi connectivity index (χ4v) is 1.92. The zero-order valence-corrected chi connectivity index (χ0v) is 10.8. The summed E-state index contributed by atoms with van der Waals surface area (Å²) in [4.78, 5) is 24.8. The van der Waals surface area contributed by atoms with Gasteiger partial charge < -0.3 is 9.84 Å². The minimum absolute atomic E-state index is 0.149. The summed E-state index contributed by atoms with van der Waals surface area (Å²) in [5.74, 6) is -0.774. The molecule has 1 heterocycles. The van der Waals surface area contributed by atoms with Crippen LogP contribution in [-0.2, 0) is 9.53 Å². The maximum Gasteiger partial charge on any atom is 0.416 e. The fourth-order valence-electron chi connectivity index (χ4n) is 1.92. The van der Waals surface area contributed by atoms with E-state index >= 15 is 0 Å². The van der Waals surface area contributed by atoms with E-state index in [4.69, 9.17) is 4.74 Å². The third-order valence-electron chi connectivity index (χ3n) is 3.30. The number of hydrogen-bond acceptors (Lipinski definition) is 4. The van der Waals surface area contributed by atoms with Gasteiger partial charge in [0.05, 0.1) is 18.1 Å². The molecule has 1 fully saturated rings. The van der Waals surface area contributed by atoms with Crippen LogP contribution >= 0.6 is 0 Å². The second-order valence-corrected chi connectivity index (χ2v) is 4.86. The second-order valence-electron chi connectivity index (χ2n) is 4.86. The molecule has 1 aliphatic rings. The Labute approximate surface area is 102 Å². The van der Waals surface area contributed by atoms with Crippen LogP contribution in [0.4, 0.5) is 4.79 Å². The van der Waals surface area contributed by atoms with Crippen LogP contribution in [0.15, 0.2) is 0 Å². The van der Waals surface area contributed by atoms with Gasteiger partial charge in [0.15, 0.2) is 0 Å². The lowest BCUT2D eigenvalue weighted by Gasteiger charge is -2.26. The molecule has 0 aromatic carbocycles. The Bertz CT molecular complexity index is 303. The monoisotopic (exact) mass is 243 g/mol. The van der Waals surface area contributed by atoms with Crippen molar-refractivity contribution in [3.8, 4) is 0 Å². The third-order valence-corrected chi connectivity index (χ3v) is 3.30. The van der Waals surface area contributed by atoms with E-state index in [1.807, 2.05) is 13.8 Å². The highest BCUT2D eigenvalue weighted by Gasteiger charge is 2.42. The highest BCUT2D eigenvalue weighted by molar-refractivity contribution is 5.94. The Kier molecular flexibility index (Phi) is 4.51. The Morgan fingerprint density at radius 1 is 1.53 bits per heavy atom. The SMILES string of the molecule is CC[C@@H](O)[C@H](C)C(=O)N1C(=O)OC[C@@H]1C(C)C. The van der Waals surface area contributed by atoms with Gasteiger partial charge in [0.25, 0.3) is 0 Å². The molecule has 0 aromatic rings. The molecule has 2 amide bonds. The predicted octanol–water partition coefficient (Wildman–Crippen LogP) is 1.40. The summed E-state index contributed by atoms with van der Waals surface area (Å²) in [6.45, 7) is 7.56. The number of imide groups is 1. The van der Waals surface area contributed by atoms with Gasteiger partial charge in [-0.3, -0.25) is 4.79 Å². The summed E-state index contributed by atoms with van der Waals surface area (Å²) < 4.78 is 4.91. The number of aliphatic hydroxyl groups is 1. The van der Waals surface area contributed by atoms with Crippen LogP contribution in [0, 0.1) is 11.8 Å². The van der Waals surface area contributed by atoms with Crippen LogP contribution in [0.2, 0.25) is 0 Å². The third kappa shape index (κ3) is 2.77. The lowest BCUT2D eigenvalue weighted by molar-refractivity contribution is -0.137. The van der Waals surface area contributed by atoms with Crippen LogP contribution in [-0.4, -0.2) is 40.8 Å². The molecule has 0 unspecified atom stereocenters. The maximum absolute atomic E-state index is 12.1. The molecule has 0 spiro atoms. The number of carbonyl (C=O) groups excluding carboxylic acids is 2. The molecule has 5 nitrogen and oxygen atoms in total. The Morgan fingerprint density at radius 3 is 2.59 bits per heavy atom. The molecule has 98 valence electrons. The van der Waals surface area contributed by atoms with Crippen LogP contribution in [0.25, 0.3) is 0 Å². The molecule has 1 rings (SSSR count). The molecule has 1 saturated heterocycles. The van der Waals surface area contributed by atoms with Gasteiger partial charge in [-0.05, 0) is 12.3 Å². The average Bonchev–Trinajstić information content (AvgIpc) is 2.68. The van der Waals surface area contributed by atoms with Gasteiger partial charge in [0, 0.05) is 0 Å². The molecule has 1 N–H and O–H groups in total. The lowest BCUT2D eigenvalue weighted by Crippen LogP contribution is -2.46. The van der Waals surface area contributed by atoms with Crippen molar-refractivity contribution in [2.75, 3.05) is 6.61 Å². The van der Waals surface area contributed by atoms with Crippen LogP contribution < -0.4 is 0 Å². The predicted molar refractivity (Wildman–Crippen MR) is 62.3 cm³/mol. The smallest absolute Gasteiger partial charge is 0.416 e. The summed E-state index contributed by atoms with van der Waals surface area (Å²) in [6, 6.07) is -0.221. The number of aliphatic hydroxyl groups excluding tert-OH is 1. The first kappa shape index (κ1) is 14.0. The van der Waals surface area contributed by atoms with E-state index < -0.39 is 18.1 Å². The largest absolute Gasteiger partial charge is 0.447 e. The van der Waals surface area contributed by atoms with Crippen molar-refractivity contribution >= 4 is 12.0 Å². The molecule has 1 aliphatic heterocycles. The number of amides is 2. The molecule has 5 heteroatoms. The topological polar surface area (TPSA) is 66.8 Å². The highest BCUT2D eigenvalue weighted by atomic mass is 16.6. The van der Waals surface area contributed by atoms with Gasteiger partial charge in [-0.25, -0.2) is 9.69 Å². The number of cyclic esters (lactones) is 1. The first-order valence-electron chi connectivity index (χ1n) is 6.08. The van der Waals surface area contributed by atoms with Crippen molar-refractivity contribution in [3.63, 3.8) is 0 Å². The van der Waals surface area contributed by atoms with Crippen LogP contribution in [0.1, 0.15) is 34.1 Å². The average molecular weight is 243 g/mol. The Balaban J connectivity index is 2.82. The number of nitrogens with zero attached hydrogens (tertiary/aromatic N) is 1. The van der Waals surface area contributed by atoms with Gasteiger partial charge in [-0.2, -0.15) is 0 Å². The van der Waals surface area contributed by atoms with E-state index in [-0.39, 0.29) is 24.5 Å². The molecule has 0 saturated carbocycles. The lowest BCUT2D eigenvalue weighted by atomic mass is 9.98. The minimum atomic E-state index is -0.719. The molecule has 0 radical (unpaired) electrons. The molecule has 17 heavy (non-hydrogen) atoms. The molecular weight excluding hydrogens is 222 g/mol. The summed E-state index contributed by atoms with van der Waals surface area (Å²) in [5.41, 5.74) is 0. The summed E-state index contributed by atoms with van der Waals surface area (Å²) in [7, 11) is 0. The Morgan fingerprint density at radius 2 is 2.12 bits per heavy atom. The summed E-state index contributed by atoms with van der Waals surface area (Å²) in [5, 5.41) is 9.67. The van der Waals surface area contributed by atoms with Gasteiger partial charge in [-0.1, -0.05) is 27.7 Å². The van der Waals surface area contributed by atoms with Crippen molar-refractivity contribution in [1.82, 2.24) is 4.90 Å². The highest BCUT2D eigenvalue weighted by Crippen LogP contribution is 2.23. The minimum Gasteiger partial charge on any atom is -0.447 e. The van der Waals surface area contributed by atoms with E-state index in [2.05, 4.69) is 0 Å². The molecule has 0 aromatic heterocycles. The van der Waals surface area contributed by atoms with Crippen LogP contribution in [0.5, 0.6) is 0 Å². The van der Waals surface area contributed by atoms with Crippen molar-refractivity contribution in [2.24, 2.45) is 11.8 Å². The molecule has 0 bridgehead atoms. The van der Waals surface area contributed by atoms with Crippen molar-refractivity contribution in [2.45, 2.75) is 46.3 Å². The van der Waals surface area contributed by atoms with E-state index in [0.29, 0.717) is 6.42 Å². The molecular formula is C12H21NO4. The van der Waals surface area contributed by atoms with E-state index in [9.17, 15) is 14.7 Å².